The fourth-order valence-corrected chi connectivity index (χ4v) is 3.28. The number of aryl methyl sites for hydroxylation is 1. The molecule has 3 N–H and O–H groups in total. The van der Waals surface area contributed by atoms with Crippen LogP contribution in [-0.2, 0) is 11.3 Å². The number of aromatic amines is 1. The topological polar surface area (TPSA) is 124 Å². The Kier molecular flexibility index (Phi) is 5.88. The second-order valence-electron chi connectivity index (χ2n) is 6.65. The average Bonchev–Trinajstić information content (AvgIpc) is 3.04. The van der Waals surface area contributed by atoms with Crippen molar-refractivity contribution in [2.24, 2.45) is 0 Å². The number of carbonyl (C=O) groups is 1. The number of methoxy groups -OCH3 is 1. The van der Waals surface area contributed by atoms with Gasteiger partial charge in [-0.15, -0.1) is 0 Å². The van der Waals surface area contributed by atoms with E-state index in [0.29, 0.717) is 24.1 Å². The summed E-state index contributed by atoms with van der Waals surface area (Å²) in [5.41, 5.74) is 5.93. The molecular weight excluding hydrogens is 376 g/mol. The number of furan rings is 1. The van der Waals surface area contributed by atoms with Gasteiger partial charge in [-0.1, -0.05) is 25.1 Å². The van der Waals surface area contributed by atoms with Crippen molar-refractivity contribution in [1.29, 1.82) is 0 Å². The quantitative estimate of drug-likeness (QED) is 0.624. The molecule has 0 aliphatic rings. The number of anilines is 2. The number of nitrogens with two attached hydrogens (primary N) is 1. The standard InChI is InChI=1S/C20H24N4O5/c1-4-9-24-17(21)15(18(25)22-20(24)27)23(10-11-28-3)19(26)16-12(2)13-7-5-6-8-14(13)29-16/h5-8H,4,9-11,21H2,1-3H3,(H,22,25,27). The monoisotopic (exact) mass is 400 g/mol. The molecular formula is C20H24N4O5. The van der Waals surface area contributed by atoms with Crippen LogP contribution in [0, 0.1) is 6.92 Å². The molecule has 0 atom stereocenters. The summed E-state index contributed by atoms with van der Waals surface area (Å²) in [7, 11) is 1.49. The molecule has 1 aromatic carbocycles. The van der Waals surface area contributed by atoms with E-state index in [9.17, 15) is 14.4 Å². The van der Waals surface area contributed by atoms with E-state index in [1.54, 1.807) is 13.0 Å². The first-order valence-electron chi connectivity index (χ1n) is 9.32. The number of para-hydroxylation sites is 1. The SMILES string of the molecule is CCCn1c(N)c(N(CCOC)C(=O)c2oc3ccccc3c2C)c(=O)[nH]c1=O. The van der Waals surface area contributed by atoms with Crippen molar-refractivity contribution in [2.45, 2.75) is 26.8 Å². The Morgan fingerprint density at radius 3 is 2.69 bits per heavy atom. The highest BCUT2D eigenvalue weighted by Gasteiger charge is 2.29. The fraction of sp³-hybridized carbons (Fsp3) is 0.350. The summed E-state index contributed by atoms with van der Waals surface area (Å²) in [6, 6.07) is 7.28. The minimum atomic E-state index is -0.738. The minimum absolute atomic E-state index is 0.0590. The normalized spacial score (nSPS) is 11.1. The summed E-state index contributed by atoms with van der Waals surface area (Å²) in [5, 5.41) is 0.806. The van der Waals surface area contributed by atoms with Gasteiger partial charge in [-0.05, 0) is 19.4 Å². The largest absolute Gasteiger partial charge is 0.451 e. The number of ether oxygens (including phenoxy) is 1. The predicted octanol–water partition coefficient (Wildman–Crippen LogP) is 1.88. The van der Waals surface area contributed by atoms with Gasteiger partial charge in [-0.25, -0.2) is 4.79 Å². The molecule has 0 aliphatic heterocycles. The number of H-pyrrole nitrogens is 1. The van der Waals surface area contributed by atoms with Gasteiger partial charge in [0.15, 0.2) is 11.4 Å². The number of fused-ring (bicyclic) bond motifs is 1. The molecule has 3 rings (SSSR count). The zero-order valence-corrected chi connectivity index (χ0v) is 16.7. The van der Waals surface area contributed by atoms with E-state index in [4.69, 9.17) is 14.9 Å². The third kappa shape index (κ3) is 3.68. The number of amides is 1. The Hall–Kier alpha value is -3.33. The van der Waals surface area contributed by atoms with Gasteiger partial charge in [-0.2, -0.15) is 0 Å². The van der Waals surface area contributed by atoms with Gasteiger partial charge >= 0.3 is 5.69 Å². The van der Waals surface area contributed by atoms with Gasteiger partial charge in [0.1, 0.15) is 11.4 Å². The van der Waals surface area contributed by atoms with Gasteiger partial charge in [-0.3, -0.25) is 24.0 Å². The van der Waals surface area contributed by atoms with Crippen molar-refractivity contribution in [1.82, 2.24) is 9.55 Å². The summed E-state index contributed by atoms with van der Waals surface area (Å²) in [4.78, 5) is 41.6. The predicted molar refractivity (Wildman–Crippen MR) is 111 cm³/mol. The lowest BCUT2D eigenvalue weighted by Gasteiger charge is -2.23. The van der Waals surface area contributed by atoms with E-state index in [2.05, 4.69) is 4.98 Å². The van der Waals surface area contributed by atoms with Crippen LogP contribution < -0.4 is 21.9 Å². The van der Waals surface area contributed by atoms with E-state index in [0.717, 1.165) is 5.39 Å². The Morgan fingerprint density at radius 2 is 2.03 bits per heavy atom. The van der Waals surface area contributed by atoms with Crippen molar-refractivity contribution >= 4 is 28.4 Å². The lowest BCUT2D eigenvalue weighted by molar-refractivity contribution is 0.0950. The molecule has 0 saturated carbocycles. The zero-order chi connectivity index (χ0) is 21.1. The maximum atomic E-state index is 13.4. The second-order valence-corrected chi connectivity index (χ2v) is 6.65. The molecule has 9 heteroatoms. The van der Waals surface area contributed by atoms with Crippen molar-refractivity contribution in [3.8, 4) is 0 Å². The molecule has 3 aromatic rings. The summed E-state index contributed by atoms with van der Waals surface area (Å²) >= 11 is 0. The first-order chi connectivity index (χ1) is 13.9. The Labute approximate surface area is 166 Å². The molecule has 0 spiro atoms. The molecule has 0 radical (unpaired) electrons. The number of rotatable bonds is 7. The lowest BCUT2D eigenvalue weighted by atomic mass is 10.1. The third-order valence-corrected chi connectivity index (χ3v) is 4.73. The number of nitrogens with one attached hydrogen (secondary N) is 1. The molecule has 1 amide bonds. The third-order valence-electron chi connectivity index (χ3n) is 4.73. The van der Waals surface area contributed by atoms with Crippen molar-refractivity contribution in [3.05, 3.63) is 56.4 Å². The number of carbonyl (C=O) groups excluding carboxylic acids is 1. The number of nitrogens with zero attached hydrogens (tertiary/aromatic N) is 2. The van der Waals surface area contributed by atoms with Crippen LogP contribution in [0.5, 0.6) is 0 Å². The first-order valence-corrected chi connectivity index (χ1v) is 9.32. The molecule has 2 aromatic heterocycles. The summed E-state index contributed by atoms with van der Waals surface area (Å²) in [5.74, 6) is -0.497. The molecule has 0 saturated heterocycles. The maximum Gasteiger partial charge on any atom is 0.330 e. The van der Waals surface area contributed by atoms with Crippen molar-refractivity contribution < 1.29 is 13.9 Å². The lowest BCUT2D eigenvalue weighted by Crippen LogP contribution is -2.42. The molecule has 0 aliphatic carbocycles. The highest BCUT2D eigenvalue weighted by Crippen LogP contribution is 2.28. The number of benzene rings is 1. The van der Waals surface area contributed by atoms with Gasteiger partial charge in [0, 0.05) is 24.6 Å². The molecule has 29 heavy (non-hydrogen) atoms. The van der Waals surface area contributed by atoms with Crippen LogP contribution in [0.15, 0.2) is 38.3 Å². The van der Waals surface area contributed by atoms with Crippen LogP contribution in [0.4, 0.5) is 11.5 Å². The summed E-state index contributed by atoms with van der Waals surface area (Å²) in [6.07, 6.45) is 0.629. The van der Waals surface area contributed by atoms with Gasteiger partial charge < -0.3 is 14.9 Å². The number of nitrogen functional groups attached to an aromatic ring is 1. The van der Waals surface area contributed by atoms with E-state index in [-0.39, 0.29) is 30.4 Å². The molecule has 2 heterocycles. The number of hydrogen-bond acceptors (Lipinski definition) is 6. The molecule has 0 unspecified atom stereocenters. The van der Waals surface area contributed by atoms with Gasteiger partial charge in [0.05, 0.1) is 13.2 Å². The number of aromatic nitrogens is 2. The maximum absolute atomic E-state index is 13.4. The summed E-state index contributed by atoms with van der Waals surface area (Å²) in [6.45, 7) is 4.19. The van der Waals surface area contributed by atoms with Gasteiger partial charge in [0.25, 0.3) is 11.5 Å². The fourth-order valence-electron chi connectivity index (χ4n) is 3.28. The van der Waals surface area contributed by atoms with Crippen LogP contribution in [0.25, 0.3) is 11.0 Å². The van der Waals surface area contributed by atoms with Crippen molar-refractivity contribution in [2.75, 3.05) is 30.9 Å². The van der Waals surface area contributed by atoms with Crippen LogP contribution >= 0.6 is 0 Å². The molecule has 154 valence electrons. The highest BCUT2D eigenvalue weighted by molar-refractivity contribution is 6.08. The Balaban J connectivity index is 2.17. The van der Waals surface area contributed by atoms with Crippen molar-refractivity contribution in [3.63, 3.8) is 0 Å². The first kappa shape index (κ1) is 20.4. The van der Waals surface area contributed by atoms with Crippen LogP contribution in [0.2, 0.25) is 0 Å². The molecule has 0 fully saturated rings. The molecule has 9 nitrogen and oxygen atoms in total. The van der Waals surface area contributed by atoms with E-state index in [1.807, 2.05) is 25.1 Å². The Bertz CT molecular complexity index is 1160. The van der Waals surface area contributed by atoms with Crippen LogP contribution in [0.1, 0.15) is 29.5 Å². The molecule has 0 bridgehead atoms. The average molecular weight is 400 g/mol. The second kappa shape index (κ2) is 8.36. The van der Waals surface area contributed by atoms with E-state index in [1.165, 1.54) is 16.6 Å². The van der Waals surface area contributed by atoms with E-state index < -0.39 is 17.2 Å². The smallest absolute Gasteiger partial charge is 0.330 e. The highest BCUT2D eigenvalue weighted by atomic mass is 16.5. The van der Waals surface area contributed by atoms with Crippen LogP contribution in [-0.4, -0.2) is 35.7 Å². The van der Waals surface area contributed by atoms with Crippen LogP contribution in [0.3, 0.4) is 0 Å². The van der Waals surface area contributed by atoms with E-state index >= 15 is 0 Å². The number of hydrogen-bond donors (Lipinski definition) is 2. The Morgan fingerprint density at radius 1 is 1.31 bits per heavy atom. The summed E-state index contributed by atoms with van der Waals surface area (Å²) < 4.78 is 12.1. The minimum Gasteiger partial charge on any atom is -0.451 e. The zero-order valence-electron chi connectivity index (χ0n) is 16.7. The van der Waals surface area contributed by atoms with Gasteiger partial charge in [0.2, 0.25) is 0 Å².